The van der Waals surface area contributed by atoms with Crippen LogP contribution in [0.5, 0.6) is 0 Å². The van der Waals surface area contributed by atoms with Gasteiger partial charge in [0.2, 0.25) is 0 Å². The second-order valence-electron chi connectivity index (χ2n) is 8.38. The van der Waals surface area contributed by atoms with Gasteiger partial charge in [-0.15, -0.1) is 0 Å². The summed E-state index contributed by atoms with van der Waals surface area (Å²) in [6.45, 7) is 12.7. The van der Waals surface area contributed by atoms with Gasteiger partial charge in [-0.2, -0.15) is 9.61 Å². The van der Waals surface area contributed by atoms with Crippen molar-refractivity contribution in [1.29, 1.82) is 0 Å². The summed E-state index contributed by atoms with van der Waals surface area (Å²) >= 11 is 0. The van der Waals surface area contributed by atoms with Gasteiger partial charge in [0.05, 0.1) is 18.6 Å². The van der Waals surface area contributed by atoms with E-state index in [2.05, 4.69) is 48.9 Å². The van der Waals surface area contributed by atoms with E-state index in [-0.39, 0.29) is 16.8 Å². The zero-order chi connectivity index (χ0) is 19.3. The summed E-state index contributed by atoms with van der Waals surface area (Å²) < 4.78 is 13.9. The van der Waals surface area contributed by atoms with Crippen LogP contribution in [0.25, 0.3) is 5.65 Å². The van der Waals surface area contributed by atoms with Gasteiger partial charge in [0.1, 0.15) is 18.3 Å². The number of aromatic nitrogens is 4. The number of rotatable bonds is 4. The van der Waals surface area contributed by atoms with Crippen LogP contribution >= 0.6 is 0 Å². The molecule has 0 saturated carbocycles. The van der Waals surface area contributed by atoms with Crippen LogP contribution in [0.15, 0.2) is 17.3 Å². The van der Waals surface area contributed by atoms with E-state index in [9.17, 15) is 9.90 Å². The molecule has 1 aliphatic rings. The highest BCUT2D eigenvalue weighted by Crippen LogP contribution is 2.44. The van der Waals surface area contributed by atoms with Gasteiger partial charge < -0.3 is 14.3 Å². The Bertz CT molecular complexity index is 841. The highest BCUT2D eigenvalue weighted by molar-refractivity contribution is 6.74. The number of fused-ring (bicyclic) bond motifs is 1. The van der Waals surface area contributed by atoms with Crippen LogP contribution in [0, 0.1) is 0 Å². The Hall–Kier alpha value is -1.55. The van der Waals surface area contributed by atoms with E-state index in [0.717, 1.165) is 0 Å². The Morgan fingerprint density at radius 1 is 1.42 bits per heavy atom. The molecule has 1 fully saturated rings. The third-order valence-electron chi connectivity index (χ3n) is 5.62. The summed E-state index contributed by atoms with van der Waals surface area (Å²) in [5.41, 5.74) is 0.718. The van der Waals surface area contributed by atoms with Crippen molar-refractivity contribution in [2.24, 2.45) is 0 Å². The molecule has 1 saturated heterocycles. The van der Waals surface area contributed by atoms with E-state index in [1.807, 2.05) is 6.92 Å². The fourth-order valence-electron chi connectivity index (χ4n) is 3.02. The van der Waals surface area contributed by atoms with E-state index in [0.29, 0.717) is 17.6 Å². The quantitative estimate of drug-likeness (QED) is 0.787. The van der Waals surface area contributed by atoms with Gasteiger partial charge in [-0.3, -0.25) is 4.98 Å². The molecule has 0 unspecified atom stereocenters. The number of ether oxygens (including phenoxy) is 1. The minimum atomic E-state index is -2.14. The molecule has 9 heteroatoms. The van der Waals surface area contributed by atoms with Gasteiger partial charge >= 0.3 is 5.69 Å². The van der Waals surface area contributed by atoms with E-state index in [1.54, 1.807) is 6.20 Å². The summed E-state index contributed by atoms with van der Waals surface area (Å²) in [6.07, 6.45) is 1.49. The number of aromatic amines is 1. The van der Waals surface area contributed by atoms with Crippen molar-refractivity contribution in [3.8, 4) is 0 Å². The van der Waals surface area contributed by atoms with Gasteiger partial charge in [0.15, 0.2) is 14.0 Å². The highest BCUT2D eigenvalue weighted by atomic mass is 28.4. The minimum absolute atomic E-state index is 0.00193. The van der Waals surface area contributed by atoms with Crippen LogP contribution in [-0.2, 0) is 9.16 Å². The van der Waals surface area contributed by atoms with Gasteiger partial charge in [0, 0.05) is 5.56 Å². The molecular formula is C17H28N4O4Si. The van der Waals surface area contributed by atoms with Crippen LogP contribution < -0.4 is 5.69 Å². The third kappa shape index (κ3) is 3.13. The predicted molar refractivity (Wildman–Crippen MR) is 99.6 cm³/mol. The molecule has 2 aromatic rings. The van der Waals surface area contributed by atoms with Crippen molar-refractivity contribution >= 4 is 14.0 Å². The van der Waals surface area contributed by atoms with E-state index < -0.39 is 26.6 Å². The first kappa shape index (κ1) is 19.2. The van der Waals surface area contributed by atoms with Crippen molar-refractivity contribution in [2.75, 3.05) is 0 Å². The average Bonchev–Trinajstić information content (AvgIpc) is 3.09. The smallest absolute Gasteiger partial charge is 0.349 e. The zero-order valence-electron chi connectivity index (χ0n) is 16.2. The Kier molecular flexibility index (Phi) is 4.85. The van der Waals surface area contributed by atoms with E-state index in [1.165, 1.54) is 10.8 Å². The minimum Gasteiger partial charge on any atom is -0.408 e. The molecule has 3 heterocycles. The largest absolute Gasteiger partial charge is 0.408 e. The first-order valence-electron chi connectivity index (χ1n) is 8.99. The van der Waals surface area contributed by atoms with Crippen molar-refractivity contribution in [1.82, 2.24) is 19.6 Å². The van der Waals surface area contributed by atoms with Crippen LogP contribution in [0.3, 0.4) is 0 Å². The molecule has 26 heavy (non-hydrogen) atoms. The first-order chi connectivity index (χ1) is 12.1. The molecule has 0 spiro atoms. The Labute approximate surface area is 153 Å². The van der Waals surface area contributed by atoms with Crippen LogP contribution in [0.2, 0.25) is 18.1 Å². The normalized spacial score (nSPS) is 27.3. The monoisotopic (exact) mass is 380 g/mol. The number of nitrogens with zero attached hydrogens (tertiary/aromatic N) is 3. The molecule has 0 radical (unpaired) electrons. The maximum atomic E-state index is 11.9. The predicted octanol–water partition coefficient (Wildman–Crippen LogP) is 2.02. The Morgan fingerprint density at radius 2 is 2.12 bits per heavy atom. The zero-order valence-corrected chi connectivity index (χ0v) is 17.2. The van der Waals surface area contributed by atoms with Gasteiger partial charge in [-0.25, -0.2) is 9.78 Å². The highest BCUT2D eigenvalue weighted by Gasteiger charge is 2.50. The number of H-pyrrole nitrogens is 1. The molecule has 2 N–H and O–H groups in total. The lowest BCUT2D eigenvalue weighted by Gasteiger charge is -2.40. The molecule has 3 rings (SSSR count). The molecular weight excluding hydrogens is 352 g/mol. The molecule has 4 atom stereocenters. The Morgan fingerprint density at radius 3 is 2.73 bits per heavy atom. The second kappa shape index (κ2) is 6.56. The summed E-state index contributed by atoms with van der Waals surface area (Å²) in [5.74, 6) is 0. The van der Waals surface area contributed by atoms with Crippen molar-refractivity contribution < 1.29 is 14.3 Å². The molecule has 0 bridgehead atoms. The number of hydrogen-bond acceptors (Lipinski definition) is 6. The van der Waals surface area contributed by atoms with Crippen molar-refractivity contribution in [3.63, 3.8) is 0 Å². The fourth-order valence-corrected chi connectivity index (χ4v) is 4.31. The van der Waals surface area contributed by atoms with Crippen LogP contribution in [0.1, 0.15) is 45.8 Å². The molecule has 1 aliphatic heterocycles. The summed E-state index contributed by atoms with van der Waals surface area (Å²) in [6, 6.07) is 0. The van der Waals surface area contributed by atoms with Gasteiger partial charge in [0.25, 0.3) is 0 Å². The summed E-state index contributed by atoms with van der Waals surface area (Å²) in [5, 5.41) is 15.0. The lowest BCUT2D eigenvalue weighted by atomic mass is 10.0. The number of aliphatic hydroxyl groups excluding tert-OH is 1. The lowest BCUT2D eigenvalue weighted by Crippen LogP contribution is -2.48. The lowest BCUT2D eigenvalue weighted by molar-refractivity contribution is 0.00682. The first-order valence-corrected chi connectivity index (χ1v) is 11.9. The summed E-state index contributed by atoms with van der Waals surface area (Å²) in [4.78, 5) is 18.7. The van der Waals surface area contributed by atoms with E-state index in [4.69, 9.17) is 9.16 Å². The molecule has 144 valence electrons. The number of aliphatic hydroxyl groups is 1. The van der Waals surface area contributed by atoms with E-state index >= 15 is 0 Å². The molecule has 0 amide bonds. The van der Waals surface area contributed by atoms with Crippen molar-refractivity contribution in [3.05, 3.63) is 28.6 Å². The fraction of sp³-hybridized carbons (Fsp3) is 0.706. The maximum Gasteiger partial charge on any atom is 0.349 e. The second-order valence-corrected chi connectivity index (χ2v) is 13.1. The summed E-state index contributed by atoms with van der Waals surface area (Å²) in [7, 11) is -2.14. The standard InChI is InChI=1S/C17H28N4O4Si/c1-7-11-12(22)14(25-26(5,6)17(2,3)4)13(24-11)10-8-20-21-15(10)18-9-19-16(21)23/h8-9,11-14,22H,7H2,1-6H3,(H,18,19,23)/t11-,12-,13+,14-/m1/s1. The van der Waals surface area contributed by atoms with Crippen LogP contribution in [-0.4, -0.2) is 51.3 Å². The number of nitrogens with one attached hydrogen (secondary N) is 1. The molecule has 0 aromatic carbocycles. The van der Waals surface area contributed by atoms with Crippen molar-refractivity contribution in [2.45, 2.75) is 76.7 Å². The Balaban J connectivity index is 2.03. The van der Waals surface area contributed by atoms with Gasteiger partial charge in [-0.1, -0.05) is 27.7 Å². The molecule has 8 nitrogen and oxygen atoms in total. The SMILES string of the molecule is CC[C@H]1O[C@@H](c2cnn3c(=O)[nH]cnc23)[C@H](O[Si](C)(C)C(C)(C)C)[C@@H]1O. The molecule has 0 aliphatic carbocycles. The average molecular weight is 381 g/mol. The molecule has 2 aromatic heterocycles. The number of hydrogen-bond donors (Lipinski definition) is 2. The topological polar surface area (TPSA) is 102 Å². The maximum absolute atomic E-state index is 11.9. The third-order valence-corrected chi connectivity index (χ3v) is 10.1. The van der Waals surface area contributed by atoms with Gasteiger partial charge in [-0.05, 0) is 24.6 Å². The van der Waals surface area contributed by atoms with Crippen LogP contribution in [0.4, 0.5) is 0 Å².